The Hall–Kier alpha value is -2.25. The largest absolute Gasteiger partial charge is 0.323 e. The third-order valence-corrected chi connectivity index (χ3v) is 10.2. The number of piperidine rings is 1. The lowest BCUT2D eigenvalue weighted by atomic mass is 9.86. The lowest BCUT2D eigenvalue weighted by molar-refractivity contribution is -0.124. The van der Waals surface area contributed by atoms with Crippen LogP contribution in [-0.2, 0) is 14.8 Å². The van der Waals surface area contributed by atoms with E-state index in [0.29, 0.717) is 32.4 Å². The Labute approximate surface area is 196 Å². The first-order valence-electron chi connectivity index (χ1n) is 12.3. The molecule has 2 aromatic rings. The highest BCUT2D eigenvalue weighted by atomic mass is 32.2. The van der Waals surface area contributed by atoms with E-state index < -0.39 is 10.0 Å². The van der Waals surface area contributed by atoms with Gasteiger partial charge in [0, 0.05) is 25.4 Å². The summed E-state index contributed by atoms with van der Waals surface area (Å²) in [7, 11) is -3.24. The molecule has 0 bridgehead atoms. The van der Waals surface area contributed by atoms with E-state index in [1.165, 1.54) is 11.1 Å². The number of imidazole rings is 1. The Bertz CT molecular complexity index is 1140. The fourth-order valence-electron chi connectivity index (χ4n) is 5.96. The van der Waals surface area contributed by atoms with Gasteiger partial charge in [0.15, 0.2) is 0 Å². The van der Waals surface area contributed by atoms with Crippen molar-refractivity contribution in [3.8, 4) is 0 Å². The van der Waals surface area contributed by atoms with Crippen LogP contribution < -0.4 is 0 Å². The van der Waals surface area contributed by atoms with Gasteiger partial charge in [0.1, 0.15) is 5.78 Å². The molecule has 0 spiro atoms. The van der Waals surface area contributed by atoms with Crippen LogP contribution in [0.1, 0.15) is 75.6 Å². The van der Waals surface area contributed by atoms with E-state index in [9.17, 15) is 13.2 Å². The highest BCUT2D eigenvalue weighted by molar-refractivity contribution is 7.89. The van der Waals surface area contributed by atoms with E-state index in [-0.39, 0.29) is 23.0 Å². The smallest absolute Gasteiger partial charge is 0.216 e. The van der Waals surface area contributed by atoms with Crippen LogP contribution in [0.5, 0.6) is 0 Å². The topological polar surface area (TPSA) is 72.3 Å². The summed E-state index contributed by atoms with van der Waals surface area (Å²) in [5.74, 6) is 0.158. The van der Waals surface area contributed by atoms with Gasteiger partial charge in [-0.2, -0.15) is 0 Å². The number of sulfonamides is 1. The van der Waals surface area contributed by atoms with E-state index in [4.69, 9.17) is 0 Å². The van der Waals surface area contributed by atoms with Crippen molar-refractivity contribution in [3.05, 3.63) is 54.1 Å². The SMILES string of the molecule is CC1=C(c2ccccc2)C(CC(=O)C2CCN(S(=O)(=O)C3CCCCC3)CC2)n2cncc21. The third kappa shape index (κ3) is 4.21. The minimum absolute atomic E-state index is 0.0543. The number of rotatable bonds is 6. The zero-order chi connectivity index (χ0) is 23.0. The molecule has 1 saturated heterocycles. The molecule has 1 saturated carbocycles. The Kier molecular flexibility index (Phi) is 6.27. The van der Waals surface area contributed by atoms with Crippen LogP contribution in [0.15, 0.2) is 42.9 Å². The molecular weight excluding hydrogens is 434 g/mol. The van der Waals surface area contributed by atoms with E-state index in [1.807, 2.05) is 30.7 Å². The maximum Gasteiger partial charge on any atom is 0.216 e. The molecule has 33 heavy (non-hydrogen) atoms. The molecule has 0 amide bonds. The van der Waals surface area contributed by atoms with Crippen molar-refractivity contribution in [1.29, 1.82) is 0 Å². The predicted molar refractivity (Wildman–Crippen MR) is 130 cm³/mol. The molecule has 1 atom stereocenters. The van der Waals surface area contributed by atoms with E-state index >= 15 is 0 Å². The van der Waals surface area contributed by atoms with Crippen molar-refractivity contribution in [2.24, 2.45) is 5.92 Å². The third-order valence-electron chi connectivity index (χ3n) is 7.85. The quantitative estimate of drug-likeness (QED) is 0.617. The highest BCUT2D eigenvalue weighted by Gasteiger charge is 2.38. The molecule has 1 unspecified atom stereocenters. The van der Waals surface area contributed by atoms with Crippen molar-refractivity contribution in [2.45, 2.75) is 69.6 Å². The van der Waals surface area contributed by atoms with E-state index in [0.717, 1.165) is 43.4 Å². The molecule has 0 radical (unpaired) electrons. The van der Waals surface area contributed by atoms with Gasteiger partial charge in [0.25, 0.3) is 0 Å². The zero-order valence-electron chi connectivity index (χ0n) is 19.3. The van der Waals surface area contributed by atoms with Crippen LogP contribution in [-0.4, -0.2) is 46.4 Å². The first-order chi connectivity index (χ1) is 16.0. The monoisotopic (exact) mass is 467 g/mol. The molecule has 6 nitrogen and oxygen atoms in total. The summed E-state index contributed by atoms with van der Waals surface area (Å²) in [4.78, 5) is 17.7. The number of ketones is 1. The minimum atomic E-state index is -3.24. The van der Waals surface area contributed by atoms with Crippen molar-refractivity contribution < 1.29 is 13.2 Å². The summed E-state index contributed by atoms with van der Waals surface area (Å²) < 4.78 is 29.9. The summed E-state index contributed by atoms with van der Waals surface area (Å²) in [6.45, 7) is 3.04. The molecule has 1 aromatic carbocycles. The van der Waals surface area contributed by atoms with Crippen molar-refractivity contribution >= 4 is 27.0 Å². The normalized spacial score (nSPS) is 23.1. The molecule has 2 aliphatic heterocycles. The van der Waals surface area contributed by atoms with Crippen molar-refractivity contribution in [1.82, 2.24) is 13.9 Å². The fourth-order valence-corrected chi connectivity index (χ4v) is 8.03. The van der Waals surface area contributed by atoms with Gasteiger partial charge in [-0.25, -0.2) is 17.7 Å². The average molecular weight is 468 g/mol. The molecular formula is C26H33N3O3S. The predicted octanol–water partition coefficient (Wildman–Crippen LogP) is 4.70. The second-order valence-electron chi connectivity index (χ2n) is 9.76. The van der Waals surface area contributed by atoms with Gasteiger partial charge in [-0.15, -0.1) is 0 Å². The van der Waals surface area contributed by atoms with Crippen LogP contribution in [0, 0.1) is 5.92 Å². The number of fused-ring (bicyclic) bond motifs is 1. The first-order valence-corrected chi connectivity index (χ1v) is 13.8. The summed E-state index contributed by atoms with van der Waals surface area (Å²) in [5.41, 5.74) is 4.58. The second-order valence-corrected chi connectivity index (χ2v) is 12.0. The maximum atomic E-state index is 13.4. The fraction of sp³-hybridized carbons (Fsp3) is 0.538. The summed E-state index contributed by atoms with van der Waals surface area (Å²) in [5, 5.41) is -0.224. The molecule has 2 fully saturated rings. The second kappa shape index (κ2) is 9.18. The molecule has 3 aliphatic rings. The van der Waals surface area contributed by atoms with Crippen LogP contribution >= 0.6 is 0 Å². The van der Waals surface area contributed by atoms with Crippen molar-refractivity contribution in [3.63, 3.8) is 0 Å². The lowest BCUT2D eigenvalue weighted by Gasteiger charge is -2.34. The number of carbonyl (C=O) groups is 1. The number of nitrogens with zero attached hydrogens (tertiary/aromatic N) is 3. The van der Waals surface area contributed by atoms with E-state index in [1.54, 1.807) is 4.31 Å². The van der Waals surface area contributed by atoms with Gasteiger partial charge in [-0.05, 0) is 49.3 Å². The number of aromatic nitrogens is 2. The highest BCUT2D eigenvalue weighted by Crippen LogP contribution is 2.44. The zero-order valence-corrected chi connectivity index (χ0v) is 20.1. The van der Waals surface area contributed by atoms with Crippen LogP contribution in [0.3, 0.4) is 0 Å². The van der Waals surface area contributed by atoms with Gasteiger partial charge in [0.05, 0.1) is 29.5 Å². The summed E-state index contributed by atoms with van der Waals surface area (Å²) >= 11 is 0. The number of allylic oxidation sites excluding steroid dienone is 2. The Morgan fingerprint density at radius 3 is 2.42 bits per heavy atom. The molecule has 0 N–H and O–H groups in total. The standard InChI is InChI=1S/C26H33N3O3S/c1-19-24-17-27-18-29(24)23(26(19)21-8-4-2-5-9-21)16-25(30)20-12-14-28(15-13-20)33(31,32)22-10-6-3-7-11-22/h2,4-5,8-9,17-18,20,22-23H,3,6-7,10-16H2,1H3. The molecule has 7 heteroatoms. The van der Waals surface area contributed by atoms with Gasteiger partial charge in [-0.3, -0.25) is 4.79 Å². The number of Topliss-reactive ketones (excluding diaryl/α,β-unsaturated/α-hetero) is 1. The van der Waals surface area contributed by atoms with Gasteiger partial charge in [-0.1, -0.05) is 49.6 Å². The first kappa shape index (κ1) is 22.5. The van der Waals surface area contributed by atoms with Crippen LogP contribution in [0.4, 0.5) is 0 Å². The van der Waals surface area contributed by atoms with E-state index in [2.05, 4.69) is 28.6 Å². The van der Waals surface area contributed by atoms with Crippen LogP contribution in [0.2, 0.25) is 0 Å². The maximum absolute atomic E-state index is 13.4. The number of benzene rings is 1. The van der Waals surface area contributed by atoms with Crippen LogP contribution in [0.25, 0.3) is 11.1 Å². The summed E-state index contributed by atoms with van der Waals surface area (Å²) in [6.07, 6.45) is 10.1. The van der Waals surface area contributed by atoms with Gasteiger partial charge < -0.3 is 4.57 Å². The number of hydrogen-bond acceptors (Lipinski definition) is 4. The molecule has 176 valence electrons. The molecule has 1 aliphatic carbocycles. The molecule has 1 aromatic heterocycles. The minimum Gasteiger partial charge on any atom is -0.323 e. The average Bonchev–Trinajstić information content (AvgIpc) is 3.43. The Balaban J connectivity index is 1.27. The van der Waals surface area contributed by atoms with Crippen molar-refractivity contribution in [2.75, 3.05) is 13.1 Å². The number of carbonyl (C=O) groups excluding carboxylic acids is 1. The molecule has 5 rings (SSSR count). The molecule has 3 heterocycles. The van der Waals surface area contributed by atoms with Gasteiger partial charge in [0.2, 0.25) is 10.0 Å². The van der Waals surface area contributed by atoms with Gasteiger partial charge >= 0.3 is 0 Å². The lowest BCUT2D eigenvalue weighted by Crippen LogP contribution is -2.45. The Morgan fingerprint density at radius 1 is 1.03 bits per heavy atom. The Morgan fingerprint density at radius 2 is 1.73 bits per heavy atom. The number of hydrogen-bond donors (Lipinski definition) is 0. The summed E-state index contributed by atoms with van der Waals surface area (Å²) in [6, 6.07) is 10.2.